The van der Waals surface area contributed by atoms with Crippen LogP contribution in [0.3, 0.4) is 0 Å². The number of thioether (sulfide) groups is 1. The molecule has 0 saturated heterocycles. The second-order valence-corrected chi connectivity index (χ2v) is 21.7. The van der Waals surface area contributed by atoms with Crippen LogP contribution < -0.4 is 0 Å². The summed E-state index contributed by atoms with van der Waals surface area (Å²) in [4.78, 5) is 57.8. The highest BCUT2D eigenvalue weighted by atomic mass is 32.2. The summed E-state index contributed by atoms with van der Waals surface area (Å²) >= 11 is 1.03. The van der Waals surface area contributed by atoms with E-state index in [9.17, 15) is 19.2 Å². The van der Waals surface area contributed by atoms with Gasteiger partial charge in [-0.05, 0) is 111 Å². The fourth-order valence-electron chi connectivity index (χ4n) is 7.99. The van der Waals surface area contributed by atoms with Crippen LogP contribution in [0.15, 0.2) is 0 Å². The molecule has 0 aliphatic carbocycles. The molecule has 0 heterocycles. The predicted molar refractivity (Wildman–Crippen MR) is 328 cm³/mol. The molecule has 1 atom stereocenters. The highest BCUT2D eigenvalue weighted by molar-refractivity contribution is 8.13. The fourth-order valence-corrected chi connectivity index (χ4v) is 8.84. The van der Waals surface area contributed by atoms with Crippen LogP contribution in [0.1, 0.15) is 253 Å². The summed E-state index contributed by atoms with van der Waals surface area (Å²) in [5.74, 6) is 24.7. The lowest BCUT2D eigenvalue weighted by Gasteiger charge is -2.31. The van der Waals surface area contributed by atoms with Crippen LogP contribution in [0.25, 0.3) is 0 Å². The summed E-state index contributed by atoms with van der Waals surface area (Å²) in [5, 5.41) is -0.284. The molecule has 0 aliphatic heterocycles. The maximum absolute atomic E-state index is 14.2. The molecule has 13 nitrogen and oxygen atoms in total. The van der Waals surface area contributed by atoms with Crippen molar-refractivity contribution in [1.29, 1.82) is 0 Å². The number of hydrogen-bond donors (Lipinski definition) is 0. The minimum absolute atomic E-state index is 0.0835. The largest absolute Gasteiger partial charge is 0.463 e. The Morgan fingerprint density at radius 2 is 0.825 bits per heavy atom. The lowest BCUT2D eigenvalue weighted by molar-refractivity contribution is -0.151. The molecule has 0 rings (SSSR count). The fraction of sp³-hybridized carbons (Fsp3) is 0.818. The molecule has 1 amide bonds. The Bertz CT molecular complexity index is 1630. The van der Waals surface area contributed by atoms with Gasteiger partial charge in [0, 0.05) is 76.5 Å². The lowest BCUT2D eigenvalue weighted by atomic mass is 10.1. The van der Waals surface area contributed by atoms with Crippen LogP contribution in [0.4, 0.5) is 4.79 Å². The molecule has 1 unspecified atom stereocenters. The van der Waals surface area contributed by atoms with Gasteiger partial charge in [-0.15, -0.1) is 47.4 Å². The minimum atomic E-state index is -0.753. The van der Waals surface area contributed by atoms with E-state index in [4.69, 9.17) is 33.2 Å². The van der Waals surface area contributed by atoms with E-state index in [1.54, 1.807) is 4.90 Å². The van der Waals surface area contributed by atoms with E-state index in [1.165, 1.54) is 0 Å². The molecule has 14 heteroatoms. The molecule has 0 N–H and O–H groups in total. The molecule has 0 aromatic carbocycles. The van der Waals surface area contributed by atoms with Crippen molar-refractivity contribution in [2.24, 2.45) is 0 Å². The van der Waals surface area contributed by atoms with Crippen LogP contribution in [-0.4, -0.2) is 130 Å². The summed E-state index contributed by atoms with van der Waals surface area (Å²) in [7, 11) is 3.93. The van der Waals surface area contributed by atoms with Gasteiger partial charge in [0.2, 0.25) is 0 Å². The molecule has 0 spiro atoms. The number of carbonyl (C=O) groups is 4. The zero-order valence-corrected chi connectivity index (χ0v) is 52.6. The van der Waals surface area contributed by atoms with Gasteiger partial charge in [0.25, 0.3) is 5.24 Å². The minimum Gasteiger partial charge on any atom is -0.463 e. The van der Waals surface area contributed by atoms with Gasteiger partial charge >= 0.3 is 17.9 Å². The Hall–Kier alpha value is -3.73. The third-order valence-electron chi connectivity index (χ3n) is 12.8. The van der Waals surface area contributed by atoms with Gasteiger partial charge < -0.3 is 43.0 Å². The van der Waals surface area contributed by atoms with Crippen LogP contribution >= 0.6 is 11.8 Å². The molecule has 80 heavy (non-hydrogen) atoms. The highest BCUT2D eigenvalue weighted by Gasteiger charge is 2.28. The maximum atomic E-state index is 14.2. The van der Waals surface area contributed by atoms with Crippen molar-refractivity contribution in [1.82, 2.24) is 9.80 Å². The van der Waals surface area contributed by atoms with Crippen LogP contribution in [0, 0.1) is 47.4 Å². The number of amides is 1. The second-order valence-electron chi connectivity index (χ2n) is 20.6. The molecule has 0 aliphatic rings. The number of unbranched alkanes of at least 4 members (excludes halogenated alkanes) is 13. The summed E-state index contributed by atoms with van der Waals surface area (Å²) < 4.78 is 42.1. The first kappa shape index (κ1) is 76.3. The third-order valence-corrected chi connectivity index (χ3v) is 13.6. The molecule has 0 aromatic heterocycles. The SMILES string of the molecule is CCCCC#CCCOC(CCCCC(=O)OCC(COC(=O)CCCCC(OCCC#CCCCC)OCCC#CCCCC)N(CCCN(C)C)C(=O)SCCC(=O)OC(CCC)CCCCCC)OCCC#CCCCC. The van der Waals surface area contributed by atoms with Crippen LogP contribution in [-0.2, 0) is 47.5 Å². The number of rotatable bonds is 50. The first-order valence-corrected chi connectivity index (χ1v) is 32.4. The summed E-state index contributed by atoms with van der Waals surface area (Å²) in [5.41, 5.74) is 0. The first-order valence-electron chi connectivity index (χ1n) is 31.4. The first-order chi connectivity index (χ1) is 39.0. The zero-order chi connectivity index (χ0) is 58.8. The summed E-state index contributed by atoms with van der Waals surface area (Å²) in [6.07, 6.45) is 25.5. The van der Waals surface area contributed by atoms with E-state index in [2.05, 4.69) is 88.9 Å². The predicted octanol–water partition coefficient (Wildman–Crippen LogP) is 14.8. The Morgan fingerprint density at radius 3 is 1.23 bits per heavy atom. The van der Waals surface area contributed by atoms with Gasteiger partial charge in [-0.2, -0.15) is 0 Å². The molecule has 0 radical (unpaired) electrons. The number of ether oxygens (including phenoxy) is 7. The quantitative estimate of drug-likeness (QED) is 0.0188. The van der Waals surface area contributed by atoms with Crippen molar-refractivity contribution < 1.29 is 52.3 Å². The maximum Gasteiger partial charge on any atom is 0.306 e. The van der Waals surface area contributed by atoms with Crippen molar-refractivity contribution in [3.05, 3.63) is 0 Å². The van der Waals surface area contributed by atoms with Crippen LogP contribution in [0.5, 0.6) is 0 Å². The average molecular weight is 1140 g/mol. The van der Waals surface area contributed by atoms with E-state index in [0.717, 1.165) is 134 Å². The van der Waals surface area contributed by atoms with Gasteiger partial charge in [-0.1, -0.05) is 105 Å². The molecule has 0 saturated carbocycles. The van der Waals surface area contributed by atoms with Gasteiger partial charge in [-0.25, -0.2) is 0 Å². The van der Waals surface area contributed by atoms with Crippen molar-refractivity contribution in [2.45, 2.75) is 278 Å². The third kappa shape index (κ3) is 50.0. The summed E-state index contributed by atoms with van der Waals surface area (Å²) in [6, 6.07) is -0.753. The molecule has 0 fully saturated rings. The normalized spacial score (nSPS) is 11.3. The summed E-state index contributed by atoms with van der Waals surface area (Å²) in [6.45, 7) is 15.4. The number of nitrogens with zero attached hydrogens (tertiary/aromatic N) is 2. The van der Waals surface area contributed by atoms with Crippen molar-refractivity contribution in [2.75, 3.05) is 72.6 Å². The van der Waals surface area contributed by atoms with Crippen molar-refractivity contribution in [3.8, 4) is 47.4 Å². The van der Waals surface area contributed by atoms with Crippen molar-refractivity contribution in [3.63, 3.8) is 0 Å². The van der Waals surface area contributed by atoms with E-state index in [1.807, 2.05) is 19.0 Å². The smallest absolute Gasteiger partial charge is 0.306 e. The van der Waals surface area contributed by atoms with Gasteiger partial charge in [-0.3, -0.25) is 19.2 Å². The molecule has 0 aromatic rings. The van der Waals surface area contributed by atoms with E-state index in [0.29, 0.717) is 110 Å². The molecule has 458 valence electrons. The van der Waals surface area contributed by atoms with Gasteiger partial charge in [0.15, 0.2) is 12.6 Å². The Kier molecular flexibility index (Phi) is 55.7. The van der Waals surface area contributed by atoms with E-state index in [-0.39, 0.29) is 55.5 Å². The molecular weight excluding hydrogens is 1030 g/mol. The monoisotopic (exact) mass is 1140 g/mol. The molecule has 0 bridgehead atoms. The Morgan fingerprint density at radius 1 is 0.412 bits per heavy atom. The number of esters is 3. The van der Waals surface area contributed by atoms with E-state index < -0.39 is 30.6 Å². The van der Waals surface area contributed by atoms with Gasteiger partial charge in [0.1, 0.15) is 25.4 Å². The zero-order valence-electron chi connectivity index (χ0n) is 51.8. The van der Waals surface area contributed by atoms with Crippen molar-refractivity contribution >= 4 is 34.9 Å². The second kappa shape index (κ2) is 58.5. The number of carbonyl (C=O) groups excluding carboxylic acids is 4. The Labute approximate surface area is 493 Å². The standard InChI is InChI=1S/C66H112N2O11S/c1-9-15-20-25-29-38-52-73-64(74-53-39-30-26-21-16-10-2)47-36-34-45-61(69)77-57-59(68(51-42-50-67(7)8)66(72)80-56-49-63(71)79-60(43-14-6)44-33-24-19-13-5)58-78-62(70)46-35-37-48-65(75-54-40-31-27-22-17-11-3)76-55-41-32-28-23-18-12-4/h59-60,64-65H,9-24,33-58H2,1-8H3. The van der Waals surface area contributed by atoms with Gasteiger partial charge in [0.05, 0.1) is 32.8 Å². The number of hydrogen-bond acceptors (Lipinski definition) is 13. The van der Waals surface area contributed by atoms with Crippen LogP contribution in [0.2, 0.25) is 0 Å². The Balaban J connectivity index is 6.02. The lowest BCUT2D eigenvalue weighted by Crippen LogP contribution is -2.46. The average Bonchev–Trinajstić information content (AvgIpc) is 3.44. The molecular formula is C66H112N2O11S. The van der Waals surface area contributed by atoms with E-state index >= 15 is 0 Å². The highest BCUT2D eigenvalue weighted by Crippen LogP contribution is 2.20. The topological polar surface area (TPSA) is 139 Å².